The molecule has 2 aliphatic rings. The predicted octanol–water partition coefficient (Wildman–Crippen LogP) is 3.93. The molecule has 0 aliphatic carbocycles. The Hall–Kier alpha value is -3.17. The lowest BCUT2D eigenvalue weighted by Gasteiger charge is -2.33. The van der Waals surface area contributed by atoms with Gasteiger partial charge in [-0.25, -0.2) is 0 Å². The Kier molecular flexibility index (Phi) is 7.85. The smallest absolute Gasteiger partial charge is 0.259 e. The summed E-state index contributed by atoms with van der Waals surface area (Å²) >= 11 is 0. The Labute approximate surface area is 224 Å². The highest BCUT2D eigenvalue weighted by Crippen LogP contribution is 2.28. The molecule has 2 aliphatic heterocycles. The standard InChI is InChI=1S/C29H41N7O2/c1-5-15-35(16-9-10-18(2)3)29-31-17-20-25(37)24(28(38)32-19(4)21-12-8-14-30-21)27-33-22-11-6-7-13-23(22)36(27)26(20)34-29/h6-7,11,13,17-19,21,29-30,33-34H,5,8-10,12,14-16H2,1-4H3,(H,32,38). The number of aromatic amines is 1. The fourth-order valence-electron chi connectivity index (χ4n) is 5.78. The molecule has 9 nitrogen and oxygen atoms in total. The Morgan fingerprint density at radius 1 is 1.24 bits per heavy atom. The molecular weight excluding hydrogens is 478 g/mol. The molecular formula is C29H41N7O2. The molecule has 1 amide bonds. The van der Waals surface area contributed by atoms with E-state index in [0.29, 0.717) is 22.9 Å². The molecule has 1 saturated heterocycles. The van der Waals surface area contributed by atoms with E-state index in [1.807, 2.05) is 35.6 Å². The third-order valence-electron chi connectivity index (χ3n) is 7.79. The summed E-state index contributed by atoms with van der Waals surface area (Å²) < 4.78 is 1.98. The number of H-pyrrole nitrogens is 1. The number of imidazole rings is 1. The third kappa shape index (κ3) is 5.09. The van der Waals surface area contributed by atoms with Gasteiger partial charge in [-0.15, -0.1) is 0 Å². The molecule has 5 rings (SSSR count). The first kappa shape index (κ1) is 26.4. The van der Waals surface area contributed by atoms with Crippen molar-refractivity contribution in [2.24, 2.45) is 10.9 Å². The van der Waals surface area contributed by atoms with Gasteiger partial charge in [0.2, 0.25) is 5.43 Å². The molecule has 3 atom stereocenters. The molecule has 4 N–H and O–H groups in total. The summed E-state index contributed by atoms with van der Waals surface area (Å²) in [6.07, 6.45) is 6.76. The summed E-state index contributed by atoms with van der Waals surface area (Å²) in [7, 11) is 0. The first-order chi connectivity index (χ1) is 18.4. The molecule has 0 spiro atoms. The number of fused-ring (bicyclic) bond motifs is 5. The first-order valence-corrected chi connectivity index (χ1v) is 14.2. The Morgan fingerprint density at radius 2 is 2.05 bits per heavy atom. The van der Waals surface area contributed by atoms with Crippen LogP contribution in [0, 0.1) is 5.92 Å². The van der Waals surface area contributed by atoms with Gasteiger partial charge in [-0.2, -0.15) is 0 Å². The van der Waals surface area contributed by atoms with Crippen molar-refractivity contribution in [1.29, 1.82) is 0 Å². The topological polar surface area (TPSA) is 106 Å². The number of anilines is 1. The minimum Gasteiger partial charge on any atom is -0.348 e. The van der Waals surface area contributed by atoms with Gasteiger partial charge in [0.15, 0.2) is 6.29 Å². The number of pyridine rings is 1. The van der Waals surface area contributed by atoms with Crippen molar-refractivity contribution in [1.82, 2.24) is 24.9 Å². The number of aliphatic imine (C=N–C) groups is 1. The van der Waals surface area contributed by atoms with Crippen LogP contribution in [-0.2, 0) is 0 Å². The van der Waals surface area contributed by atoms with Crippen LogP contribution in [0.25, 0.3) is 16.7 Å². The minimum atomic E-state index is -0.361. The van der Waals surface area contributed by atoms with Crippen LogP contribution in [0.1, 0.15) is 75.7 Å². The van der Waals surface area contributed by atoms with Crippen LogP contribution < -0.4 is 21.4 Å². The van der Waals surface area contributed by atoms with E-state index >= 15 is 0 Å². The molecule has 1 fully saturated rings. The highest BCUT2D eigenvalue weighted by Gasteiger charge is 2.31. The molecule has 4 heterocycles. The van der Waals surface area contributed by atoms with Gasteiger partial charge in [-0.05, 0) is 63.6 Å². The summed E-state index contributed by atoms with van der Waals surface area (Å²) in [5, 5.41) is 10.1. The number of benzene rings is 1. The molecule has 0 saturated carbocycles. The van der Waals surface area contributed by atoms with Crippen molar-refractivity contribution in [3.63, 3.8) is 0 Å². The second-order valence-corrected chi connectivity index (χ2v) is 11.1. The average molecular weight is 520 g/mol. The normalized spacial score (nSPS) is 19.8. The molecule has 2 aromatic heterocycles. The van der Waals surface area contributed by atoms with Crippen LogP contribution in [-0.4, -0.2) is 64.4 Å². The lowest BCUT2D eigenvalue weighted by Crippen LogP contribution is -2.47. The summed E-state index contributed by atoms with van der Waals surface area (Å²) in [6.45, 7) is 11.4. The van der Waals surface area contributed by atoms with Crippen LogP contribution in [0.15, 0.2) is 34.1 Å². The number of carbonyl (C=O) groups is 1. The first-order valence-electron chi connectivity index (χ1n) is 14.2. The van der Waals surface area contributed by atoms with E-state index in [2.05, 4.69) is 46.6 Å². The van der Waals surface area contributed by atoms with Crippen LogP contribution >= 0.6 is 0 Å². The van der Waals surface area contributed by atoms with Gasteiger partial charge in [0.05, 0.1) is 16.6 Å². The Bertz CT molecular complexity index is 1380. The van der Waals surface area contributed by atoms with Crippen LogP contribution in [0.4, 0.5) is 5.82 Å². The third-order valence-corrected chi connectivity index (χ3v) is 7.79. The largest absolute Gasteiger partial charge is 0.348 e. The van der Waals surface area contributed by atoms with Crippen molar-refractivity contribution in [2.75, 3.05) is 25.0 Å². The van der Waals surface area contributed by atoms with E-state index in [4.69, 9.17) is 4.99 Å². The molecule has 38 heavy (non-hydrogen) atoms. The molecule has 1 aromatic carbocycles. The Balaban J connectivity index is 1.55. The summed E-state index contributed by atoms with van der Waals surface area (Å²) in [4.78, 5) is 37.9. The zero-order valence-electron chi connectivity index (χ0n) is 23.0. The lowest BCUT2D eigenvalue weighted by molar-refractivity contribution is 0.0933. The van der Waals surface area contributed by atoms with Crippen molar-refractivity contribution < 1.29 is 4.79 Å². The molecule has 0 bridgehead atoms. The number of nitrogens with zero attached hydrogens (tertiary/aromatic N) is 3. The fraction of sp³-hybridized carbons (Fsp3) is 0.552. The van der Waals surface area contributed by atoms with E-state index in [0.717, 1.165) is 62.8 Å². The number of rotatable bonds is 10. The van der Waals surface area contributed by atoms with Crippen molar-refractivity contribution in [3.05, 3.63) is 45.6 Å². The number of carbonyl (C=O) groups excluding carboxylic acids is 1. The van der Waals surface area contributed by atoms with Gasteiger partial charge >= 0.3 is 0 Å². The maximum Gasteiger partial charge on any atom is 0.259 e. The second-order valence-electron chi connectivity index (χ2n) is 11.1. The van der Waals surface area contributed by atoms with Gasteiger partial charge in [0.1, 0.15) is 17.0 Å². The fourth-order valence-corrected chi connectivity index (χ4v) is 5.78. The van der Waals surface area contributed by atoms with E-state index in [1.165, 1.54) is 0 Å². The molecule has 0 radical (unpaired) electrons. The zero-order chi connectivity index (χ0) is 26.8. The summed E-state index contributed by atoms with van der Waals surface area (Å²) in [6, 6.07) is 8.01. The molecule has 9 heteroatoms. The quantitative estimate of drug-likeness (QED) is 0.325. The lowest BCUT2D eigenvalue weighted by atomic mass is 10.1. The van der Waals surface area contributed by atoms with Gasteiger partial charge < -0.3 is 20.9 Å². The number of hydrogen-bond acceptors (Lipinski definition) is 6. The monoisotopic (exact) mass is 519 g/mol. The number of para-hydroxylation sites is 2. The number of aromatic nitrogens is 2. The summed E-state index contributed by atoms with van der Waals surface area (Å²) in [5.74, 6) is 0.970. The maximum atomic E-state index is 13.8. The van der Waals surface area contributed by atoms with Gasteiger partial charge in [0, 0.05) is 31.4 Å². The van der Waals surface area contributed by atoms with E-state index in [-0.39, 0.29) is 35.3 Å². The van der Waals surface area contributed by atoms with Crippen LogP contribution in [0.3, 0.4) is 0 Å². The van der Waals surface area contributed by atoms with Crippen molar-refractivity contribution in [3.8, 4) is 0 Å². The number of hydrogen-bond donors (Lipinski definition) is 4. The highest BCUT2D eigenvalue weighted by molar-refractivity contribution is 6.05. The number of nitrogens with one attached hydrogen (secondary N) is 4. The van der Waals surface area contributed by atoms with Crippen molar-refractivity contribution >= 4 is 34.6 Å². The number of amides is 1. The zero-order valence-corrected chi connectivity index (χ0v) is 23.0. The molecule has 204 valence electrons. The maximum absolute atomic E-state index is 13.8. The summed E-state index contributed by atoms with van der Waals surface area (Å²) in [5.41, 5.74) is 2.50. The second kappa shape index (κ2) is 11.3. The molecule has 3 unspecified atom stereocenters. The van der Waals surface area contributed by atoms with Gasteiger partial charge in [-0.1, -0.05) is 32.9 Å². The van der Waals surface area contributed by atoms with E-state index < -0.39 is 0 Å². The van der Waals surface area contributed by atoms with Crippen LogP contribution in [0.5, 0.6) is 0 Å². The van der Waals surface area contributed by atoms with E-state index in [1.54, 1.807) is 6.21 Å². The van der Waals surface area contributed by atoms with Gasteiger partial charge in [-0.3, -0.25) is 23.9 Å². The highest BCUT2D eigenvalue weighted by atomic mass is 16.2. The SMILES string of the molecule is CCCN(CCCC(C)C)C1N=Cc2c(n3c([nH]c4ccccc43)c(C(=O)NC(C)C3CCCN3)c2=O)N1. The van der Waals surface area contributed by atoms with Crippen LogP contribution in [0.2, 0.25) is 0 Å². The van der Waals surface area contributed by atoms with E-state index in [9.17, 15) is 9.59 Å². The average Bonchev–Trinajstić information content (AvgIpc) is 3.56. The van der Waals surface area contributed by atoms with Gasteiger partial charge in [0.25, 0.3) is 5.91 Å². The minimum absolute atomic E-state index is 0.0884. The predicted molar refractivity (Wildman–Crippen MR) is 154 cm³/mol. The van der Waals surface area contributed by atoms with Crippen molar-refractivity contribution in [2.45, 2.75) is 78.2 Å². The Morgan fingerprint density at radius 3 is 2.79 bits per heavy atom. The molecule has 3 aromatic rings.